The molecule has 100 valence electrons. The molecule has 0 bridgehead atoms. The van der Waals surface area contributed by atoms with Crippen LogP contribution in [-0.2, 0) is 4.74 Å². The molecule has 0 fully saturated rings. The zero-order valence-corrected chi connectivity index (χ0v) is 12.1. The molecule has 0 aliphatic heterocycles. The maximum absolute atomic E-state index is 12.0. The number of hydrogen-bond donors (Lipinski definition) is 0. The van der Waals surface area contributed by atoms with E-state index in [1.165, 1.54) is 0 Å². The Morgan fingerprint density at radius 3 is 2.56 bits per heavy atom. The fourth-order valence-electron chi connectivity index (χ4n) is 1.69. The number of carbonyl (C=O) groups excluding carboxylic acids is 1. The molecule has 3 nitrogen and oxygen atoms in total. The highest BCUT2D eigenvalue weighted by Gasteiger charge is 2.21. The minimum Gasteiger partial charge on any atom is -0.492 e. The first-order chi connectivity index (χ1) is 8.52. The van der Waals surface area contributed by atoms with Gasteiger partial charge in [-0.25, -0.2) is 4.79 Å². The molecule has 0 aliphatic carbocycles. The maximum Gasteiger partial charge on any atom is 0.342 e. The maximum atomic E-state index is 12.0. The molecule has 0 atom stereocenters. The van der Waals surface area contributed by atoms with Crippen molar-refractivity contribution in [1.82, 2.24) is 0 Å². The third-order valence-electron chi connectivity index (χ3n) is 2.59. The number of ether oxygens (including phenoxy) is 2. The Hall–Kier alpha value is -1.22. The van der Waals surface area contributed by atoms with Gasteiger partial charge < -0.3 is 9.47 Å². The van der Waals surface area contributed by atoms with Gasteiger partial charge in [-0.15, -0.1) is 0 Å². The van der Waals surface area contributed by atoms with Crippen LogP contribution in [0, 0.1) is 13.8 Å². The second kappa shape index (κ2) is 6.64. The fourth-order valence-corrected chi connectivity index (χ4v) is 1.95. The molecule has 18 heavy (non-hydrogen) atoms. The SMILES string of the molecule is CCCOc1c(C)cc(Cl)c(C)c1C(=O)OCC. The third kappa shape index (κ3) is 3.16. The summed E-state index contributed by atoms with van der Waals surface area (Å²) in [5.74, 6) is 0.198. The predicted molar refractivity (Wildman–Crippen MR) is 72.7 cm³/mol. The molecule has 0 spiro atoms. The van der Waals surface area contributed by atoms with Gasteiger partial charge in [0, 0.05) is 5.02 Å². The third-order valence-corrected chi connectivity index (χ3v) is 2.98. The van der Waals surface area contributed by atoms with Crippen molar-refractivity contribution in [2.24, 2.45) is 0 Å². The average Bonchev–Trinajstić information content (AvgIpc) is 2.32. The standard InChI is InChI=1S/C14H19ClO3/c1-5-7-18-13-9(3)8-11(15)10(4)12(13)14(16)17-6-2/h8H,5-7H2,1-4H3. The summed E-state index contributed by atoms with van der Waals surface area (Å²) < 4.78 is 10.7. The first-order valence-corrected chi connectivity index (χ1v) is 6.50. The minimum absolute atomic E-state index is 0.330. The van der Waals surface area contributed by atoms with Crippen molar-refractivity contribution in [3.8, 4) is 5.75 Å². The molecular weight excluding hydrogens is 252 g/mol. The highest BCUT2D eigenvalue weighted by atomic mass is 35.5. The molecule has 0 heterocycles. The van der Waals surface area contributed by atoms with Crippen LogP contribution in [0.2, 0.25) is 5.02 Å². The van der Waals surface area contributed by atoms with Crippen LogP contribution in [0.25, 0.3) is 0 Å². The molecule has 0 amide bonds. The van der Waals surface area contributed by atoms with Crippen LogP contribution < -0.4 is 4.74 Å². The topological polar surface area (TPSA) is 35.5 Å². The number of rotatable bonds is 5. The zero-order valence-electron chi connectivity index (χ0n) is 11.3. The Kier molecular flexibility index (Phi) is 5.48. The molecule has 0 aliphatic rings. The molecule has 1 aromatic carbocycles. The molecule has 0 aromatic heterocycles. The van der Waals surface area contributed by atoms with Crippen LogP contribution in [-0.4, -0.2) is 19.2 Å². The Labute approximate surface area is 113 Å². The van der Waals surface area contributed by atoms with E-state index in [1.54, 1.807) is 13.8 Å². The Morgan fingerprint density at radius 1 is 1.33 bits per heavy atom. The van der Waals surface area contributed by atoms with Crippen molar-refractivity contribution in [3.63, 3.8) is 0 Å². The van der Waals surface area contributed by atoms with E-state index >= 15 is 0 Å². The van der Waals surface area contributed by atoms with Crippen LogP contribution in [0.4, 0.5) is 0 Å². The van der Waals surface area contributed by atoms with E-state index in [4.69, 9.17) is 21.1 Å². The number of benzene rings is 1. The lowest BCUT2D eigenvalue weighted by atomic mass is 10.0. The van der Waals surface area contributed by atoms with Gasteiger partial charge in [0.15, 0.2) is 0 Å². The highest BCUT2D eigenvalue weighted by Crippen LogP contribution is 2.32. The number of hydrogen-bond acceptors (Lipinski definition) is 3. The second-order valence-corrected chi connectivity index (χ2v) is 4.48. The number of aryl methyl sites for hydroxylation is 1. The normalized spacial score (nSPS) is 10.3. The molecule has 0 saturated heterocycles. The Morgan fingerprint density at radius 2 is 2.00 bits per heavy atom. The molecule has 1 aromatic rings. The van der Waals surface area contributed by atoms with E-state index in [2.05, 4.69) is 0 Å². The fraction of sp³-hybridized carbons (Fsp3) is 0.500. The van der Waals surface area contributed by atoms with Gasteiger partial charge in [-0.1, -0.05) is 18.5 Å². The molecular formula is C14H19ClO3. The van der Waals surface area contributed by atoms with Gasteiger partial charge in [0.25, 0.3) is 0 Å². The summed E-state index contributed by atoms with van der Waals surface area (Å²) in [6.45, 7) is 8.36. The quantitative estimate of drug-likeness (QED) is 0.761. The molecule has 0 saturated carbocycles. The van der Waals surface area contributed by atoms with E-state index in [-0.39, 0.29) is 5.97 Å². The lowest BCUT2D eigenvalue weighted by Gasteiger charge is -2.16. The van der Waals surface area contributed by atoms with E-state index in [9.17, 15) is 4.79 Å². The Bertz CT molecular complexity index is 441. The lowest BCUT2D eigenvalue weighted by Crippen LogP contribution is -2.12. The number of carbonyl (C=O) groups is 1. The van der Waals surface area contributed by atoms with Gasteiger partial charge in [0.2, 0.25) is 0 Å². The first-order valence-electron chi connectivity index (χ1n) is 6.12. The Balaban J connectivity index is 3.28. The monoisotopic (exact) mass is 270 g/mol. The van der Waals surface area contributed by atoms with Crippen molar-refractivity contribution in [2.45, 2.75) is 34.1 Å². The van der Waals surface area contributed by atoms with Gasteiger partial charge in [-0.2, -0.15) is 0 Å². The van der Waals surface area contributed by atoms with Gasteiger partial charge in [-0.05, 0) is 44.4 Å². The van der Waals surface area contributed by atoms with Crippen LogP contribution in [0.15, 0.2) is 6.07 Å². The highest BCUT2D eigenvalue weighted by molar-refractivity contribution is 6.32. The van der Waals surface area contributed by atoms with Gasteiger partial charge >= 0.3 is 5.97 Å². The second-order valence-electron chi connectivity index (χ2n) is 4.07. The molecule has 1 rings (SSSR count). The minimum atomic E-state index is -0.383. The number of halogens is 1. The summed E-state index contributed by atoms with van der Waals surface area (Å²) >= 11 is 6.11. The summed E-state index contributed by atoms with van der Waals surface area (Å²) in [6.07, 6.45) is 0.878. The summed E-state index contributed by atoms with van der Waals surface area (Å²) in [7, 11) is 0. The molecule has 4 heteroatoms. The molecule has 0 unspecified atom stereocenters. The van der Waals surface area contributed by atoms with E-state index in [0.29, 0.717) is 35.1 Å². The summed E-state index contributed by atoms with van der Waals surface area (Å²) in [4.78, 5) is 12.0. The first kappa shape index (κ1) is 14.8. The lowest BCUT2D eigenvalue weighted by molar-refractivity contribution is 0.0520. The van der Waals surface area contributed by atoms with E-state index in [0.717, 1.165) is 12.0 Å². The van der Waals surface area contributed by atoms with Gasteiger partial charge in [0.05, 0.1) is 13.2 Å². The van der Waals surface area contributed by atoms with Crippen molar-refractivity contribution < 1.29 is 14.3 Å². The zero-order chi connectivity index (χ0) is 13.7. The molecule has 0 N–H and O–H groups in total. The van der Waals surface area contributed by atoms with Crippen molar-refractivity contribution in [1.29, 1.82) is 0 Å². The van der Waals surface area contributed by atoms with Gasteiger partial charge in [0.1, 0.15) is 11.3 Å². The summed E-state index contributed by atoms with van der Waals surface area (Å²) in [6, 6.07) is 1.81. The smallest absolute Gasteiger partial charge is 0.342 e. The largest absolute Gasteiger partial charge is 0.492 e. The predicted octanol–water partition coefficient (Wildman–Crippen LogP) is 3.92. The van der Waals surface area contributed by atoms with Crippen LogP contribution in [0.3, 0.4) is 0 Å². The van der Waals surface area contributed by atoms with Crippen molar-refractivity contribution >= 4 is 17.6 Å². The van der Waals surface area contributed by atoms with Crippen LogP contribution >= 0.6 is 11.6 Å². The number of esters is 1. The van der Waals surface area contributed by atoms with Crippen molar-refractivity contribution in [2.75, 3.05) is 13.2 Å². The van der Waals surface area contributed by atoms with Crippen LogP contribution in [0.5, 0.6) is 5.75 Å². The summed E-state index contributed by atoms with van der Waals surface area (Å²) in [5.41, 5.74) is 1.99. The molecule has 0 radical (unpaired) electrons. The summed E-state index contributed by atoms with van der Waals surface area (Å²) in [5, 5.41) is 0.555. The average molecular weight is 271 g/mol. The van der Waals surface area contributed by atoms with E-state index in [1.807, 2.05) is 19.9 Å². The van der Waals surface area contributed by atoms with Crippen LogP contribution in [0.1, 0.15) is 41.8 Å². The van der Waals surface area contributed by atoms with E-state index < -0.39 is 0 Å². The van der Waals surface area contributed by atoms with Crippen molar-refractivity contribution in [3.05, 3.63) is 27.8 Å². The van der Waals surface area contributed by atoms with Gasteiger partial charge in [-0.3, -0.25) is 0 Å².